The topological polar surface area (TPSA) is 107 Å². The van der Waals surface area contributed by atoms with Crippen LogP contribution in [0.1, 0.15) is 0 Å². The fourth-order valence-corrected chi connectivity index (χ4v) is 1.84. The number of benzene rings is 1. The van der Waals surface area contributed by atoms with Gasteiger partial charge in [0, 0.05) is 12.4 Å². The predicted molar refractivity (Wildman–Crippen MR) is 79.5 cm³/mol. The van der Waals surface area contributed by atoms with Crippen LogP contribution in [0.25, 0.3) is 5.95 Å². The Morgan fingerprint density at radius 3 is 2.62 bits per heavy atom. The molecule has 0 aliphatic carbocycles. The summed E-state index contributed by atoms with van der Waals surface area (Å²) in [6.07, 6.45) is 4.92. The molecule has 8 nitrogen and oxygen atoms in total. The first-order chi connectivity index (χ1) is 10.3. The molecule has 0 atom stereocenters. The van der Waals surface area contributed by atoms with Gasteiger partial charge in [0.15, 0.2) is 0 Å². The summed E-state index contributed by atoms with van der Waals surface area (Å²) in [5.41, 5.74) is 3.09. The van der Waals surface area contributed by atoms with Crippen LogP contribution in [0.2, 0.25) is 5.02 Å². The Morgan fingerprint density at radius 1 is 1.10 bits per heavy atom. The molecular formula is C12H11ClN8. The first-order valence-corrected chi connectivity index (χ1v) is 6.36. The van der Waals surface area contributed by atoms with Crippen molar-refractivity contribution in [1.82, 2.24) is 24.5 Å². The number of aromatic nitrogens is 5. The van der Waals surface area contributed by atoms with E-state index in [0.717, 1.165) is 0 Å². The van der Waals surface area contributed by atoms with Crippen molar-refractivity contribution in [2.75, 3.05) is 10.7 Å². The van der Waals surface area contributed by atoms with Gasteiger partial charge in [-0.05, 0) is 12.1 Å². The van der Waals surface area contributed by atoms with Crippen molar-refractivity contribution in [3.05, 3.63) is 48.0 Å². The third-order valence-electron chi connectivity index (χ3n) is 2.61. The van der Waals surface area contributed by atoms with E-state index >= 15 is 0 Å². The summed E-state index contributed by atoms with van der Waals surface area (Å²) in [6.45, 7) is 0. The molecular weight excluding hydrogens is 292 g/mol. The van der Waals surface area contributed by atoms with E-state index in [2.05, 4.69) is 30.7 Å². The Hall–Kier alpha value is -2.71. The Morgan fingerprint density at radius 2 is 1.90 bits per heavy atom. The molecule has 106 valence electrons. The van der Waals surface area contributed by atoms with Crippen molar-refractivity contribution in [1.29, 1.82) is 0 Å². The maximum atomic E-state index is 6.10. The SMILES string of the molecule is NNc1nc(Nc2ccccc2Cl)nc(-n2ccnc2)n1. The molecule has 0 aliphatic rings. The number of nitrogens with zero attached hydrogens (tertiary/aromatic N) is 5. The lowest BCUT2D eigenvalue weighted by molar-refractivity contribution is 0.898. The number of hydrogen-bond donors (Lipinski definition) is 3. The third-order valence-corrected chi connectivity index (χ3v) is 2.94. The largest absolute Gasteiger partial charge is 0.323 e. The molecule has 2 aromatic heterocycles. The van der Waals surface area contributed by atoms with E-state index < -0.39 is 0 Å². The number of anilines is 3. The van der Waals surface area contributed by atoms with E-state index in [1.165, 1.54) is 0 Å². The summed E-state index contributed by atoms with van der Waals surface area (Å²) in [7, 11) is 0. The summed E-state index contributed by atoms with van der Waals surface area (Å²) in [4.78, 5) is 16.5. The van der Waals surface area contributed by atoms with E-state index in [9.17, 15) is 0 Å². The number of nitrogens with two attached hydrogens (primary N) is 1. The fourth-order valence-electron chi connectivity index (χ4n) is 1.66. The van der Waals surface area contributed by atoms with Crippen molar-refractivity contribution in [3.8, 4) is 5.95 Å². The van der Waals surface area contributed by atoms with Gasteiger partial charge in [-0.15, -0.1) is 0 Å². The zero-order valence-electron chi connectivity index (χ0n) is 10.7. The summed E-state index contributed by atoms with van der Waals surface area (Å²) < 4.78 is 1.64. The van der Waals surface area contributed by atoms with Gasteiger partial charge in [0.2, 0.25) is 17.8 Å². The molecule has 1 aromatic carbocycles. The Balaban J connectivity index is 1.99. The summed E-state index contributed by atoms with van der Waals surface area (Å²) in [5, 5.41) is 3.59. The van der Waals surface area contributed by atoms with E-state index in [0.29, 0.717) is 22.6 Å². The second-order valence-electron chi connectivity index (χ2n) is 4.00. The Bertz CT molecular complexity index is 743. The van der Waals surface area contributed by atoms with Crippen LogP contribution in [0.5, 0.6) is 0 Å². The molecule has 0 saturated carbocycles. The Kier molecular flexibility index (Phi) is 3.63. The molecule has 0 unspecified atom stereocenters. The minimum Gasteiger partial charge on any atom is -0.323 e. The number of nitrogen functional groups attached to an aromatic ring is 1. The van der Waals surface area contributed by atoms with Crippen molar-refractivity contribution in [2.24, 2.45) is 5.84 Å². The van der Waals surface area contributed by atoms with Crippen LogP contribution in [-0.2, 0) is 0 Å². The number of nitrogens with one attached hydrogen (secondary N) is 2. The number of rotatable bonds is 4. The van der Waals surface area contributed by atoms with Crippen molar-refractivity contribution in [2.45, 2.75) is 0 Å². The van der Waals surface area contributed by atoms with Gasteiger partial charge in [0.05, 0.1) is 10.7 Å². The molecule has 2 heterocycles. The number of halogens is 1. The lowest BCUT2D eigenvalue weighted by Crippen LogP contribution is -2.14. The average Bonchev–Trinajstić information content (AvgIpc) is 3.04. The van der Waals surface area contributed by atoms with Crippen LogP contribution >= 0.6 is 11.6 Å². The standard InChI is InChI=1S/C12H11ClN8/c13-8-3-1-2-4-9(8)16-10-17-11(20-14)19-12(18-10)21-6-5-15-7-21/h1-7H,14H2,(H2,16,17,18,19,20). The summed E-state index contributed by atoms with van der Waals surface area (Å²) in [6, 6.07) is 7.28. The van der Waals surface area contributed by atoms with Crippen LogP contribution in [-0.4, -0.2) is 24.5 Å². The highest BCUT2D eigenvalue weighted by atomic mass is 35.5. The van der Waals surface area contributed by atoms with E-state index in [1.54, 1.807) is 29.4 Å². The lowest BCUT2D eigenvalue weighted by atomic mass is 10.3. The average molecular weight is 303 g/mol. The van der Waals surface area contributed by atoms with Crippen molar-refractivity contribution in [3.63, 3.8) is 0 Å². The second kappa shape index (κ2) is 5.73. The number of hydrogen-bond acceptors (Lipinski definition) is 7. The second-order valence-corrected chi connectivity index (χ2v) is 4.41. The van der Waals surface area contributed by atoms with E-state index in [4.69, 9.17) is 17.4 Å². The zero-order chi connectivity index (χ0) is 14.7. The maximum Gasteiger partial charge on any atom is 0.243 e. The number of para-hydroxylation sites is 1. The van der Waals surface area contributed by atoms with Crippen LogP contribution < -0.4 is 16.6 Å². The minimum atomic E-state index is 0.225. The molecule has 21 heavy (non-hydrogen) atoms. The van der Waals surface area contributed by atoms with Gasteiger partial charge in [-0.2, -0.15) is 15.0 Å². The molecule has 0 aliphatic heterocycles. The first kappa shape index (κ1) is 13.3. The van der Waals surface area contributed by atoms with Crippen LogP contribution in [0.4, 0.5) is 17.6 Å². The van der Waals surface area contributed by atoms with Gasteiger partial charge >= 0.3 is 0 Å². The van der Waals surface area contributed by atoms with Gasteiger partial charge in [-0.1, -0.05) is 23.7 Å². The van der Waals surface area contributed by atoms with Gasteiger partial charge in [0.25, 0.3) is 0 Å². The third kappa shape index (κ3) is 2.91. The summed E-state index contributed by atoms with van der Waals surface area (Å²) in [5.74, 6) is 6.30. The highest BCUT2D eigenvalue weighted by molar-refractivity contribution is 6.33. The van der Waals surface area contributed by atoms with Crippen LogP contribution in [0.3, 0.4) is 0 Å². The lowest BCUT2D eigenvalue weighted by Gasteiger charge is -2.09. The minimum absolute atomic E-state index is 0.225. The fraction of sp³-hybridized carbons (Fsp3) is 0. The molecule has 0 fully saturated rings. The normalized spacial score (nSPS) is 10.4. The highest BCUT2D eigenvalue weighted by Crippen LogP contribution is 2.23. The number of hydrazine groups is 1. The monoisotopic (exact) mass is 302 g/mol. The number of imidazole rings is 1. The first-order valence-electron chi connectivity index (χ1n) is 5.99. The Labute approximate surface area is 125 Å². The summed E-state index contributed by atoms with van der Waals surface area (Å²) >= 11 is 6.10. The molecule has 4 N–H and O–H groups in total. The molecule has 0 radical (unpaired) electrons. The van der Waals surface area contributed by atoms with Gasteiger partial charge < -0.3 is 5.32 Å². The van der Waals surface area contributed by atoms with Gasteiger partial charge in [0.1, 0.15) is 6.33 Å². The maximum absolute atomic E-state index is 6.10. The molecule has 3 rings (SSSR count). The van der Waals surface area contributed by atoms with Gasteiger partial charge in [-0.3, -0.25) is 9.99 Å². The smallest absolute Gasteiger partial charge is 0.243 e. The predicted octanol–water partition coefficient (Wildman–Crippen LogP) is 1.74. The molecule has 9 heteroatoms. The molecule has 0 amide bonds. The van der Waals surface area contributed by atoms with Crippen LogP contribution in [0.15, 0.2) is 43.0 Å². The van der Waals surface area contributed by atoms with E-state index in [-0.39, 0.29) is 5.95 Å². The highest BCUT2D eigenvalue weighted by Gasteiger charge is 2.08. The van der Waals surface area contributed by atoms with E-state index in [1.807, 2.05) is 18.2 Å². The molecule has 3 aromatic rings. The van der Waals surface area contributed by atoms with Crippen LogP contribution in [0, 0.1) is 0 Å². The molecule has 0 saturated heterocycles. The van der Waals surface area contributed by atoms with Crippen molar-refractivity contribution >= 4 is 29.2 Å². The van der Waals surface area contributed by atoms with Gasteiger partial charge in [-0.25, -0.2) is 10.8 Å². The zero-order valence-corrected chi connectivity index (χ0v) is 11.5. The molecule has 0 spiro atoms. The quantitative estimate of drug-likeness (QED) is 0.498. The van der Waals surface area contributed by atoms with Crippen molar-refractivity contribution < 1.29 is 0 Å². The molecule has 0 bridgehead atoms.